The summed E-state index contributed by atoms with van der Waals surface area (Å²) in [6.07, 6.45) is 2.37. The molecule has 0 bridgehead atoms. The maximum absolute atomic E-state index is 13.4. The van der Waals surface area contributed by atoms with Crippen molar-refractivity contribution in [2.45, 2.75) is 20.3 Å². The van der Waals surface area contributed by atoms with Crippen molar-refractivity contribution in [3.05, 3.63) is 101 Å². The summed E-state index contributed by atoms with van der Waals surface area (Å²) < 4.78 is 15.0. The van der Waals surface area contributed by atoms with Crippen LogP contribution in [0.2, 0.25) is 0 Å². The Morgan fingerprint density at radius 3 is 2.58 bits per heavy atom. The number of hydrogen-bond acceptors (Lipinski definition) is 3. The first-order valence-electron chi connectivity index (χ1n) is 10.1. The molecule has 0 aliphatic heterocycles. The summed E-state index contributed by atoms with van der Waals surface area (Å²) in [5, 5.41) is 7.66. The number of benzene rings is 2. The molecule has 1 N–H and O–H groups in total. The zero-order valence-corrected chi connectivity index (χ0v) is 17.5. The van der Waals surface area contributed by atoms with E-state index in [1.54, 1.807) is 29.1 Å². The molecule has 4 rings (SSSR count). The maximum Gasteiger partial charge on any atom is 0.270 e. The van der Waals surface area contributed by atoms with E-state index >= 15 is 0 Å². The summed E-state index contributed by atoms with van der Waals surface area (Å²) in [5.74, 6) is -0.539. The topological polar surface area (TPSA) is 59.8 Å². The average molecular weight is 414 g/mol. The van der Waals surface area contributed by atoms with Crippen molar-refractivity contribution in [2.75, 3.05) is 6.54 Å². The standard InChI is InChI=1S/C25H23FN4O/c1-17-6-7-18(2)23(15-17)30-24(16-22(29-30)19-8-10-20(26)11-9-19)25(31)28-14-12-21-5-3-4-13-27-21/h3-11,13,15-16H,12,14H2,1-2H3,(H,28,31). The molecule has 1 amide bonds. The van der Waals surface area contributed by atoms with Gasteiger partial charge in [-0.15, -0.1) is 0 Å². The highest BCUT2D eigenvalue weighted by molar-refractivity contribution is 5.94. The highest BCUT2D eigenvalue weighted by Gasteiger charge is 2.19. The molecule has 0 fully saturated rings. The van der Waals surface area contributed by atoms with Crippen LogP contribution in [0.25, 0.3) is 16.9 Å². The van der Waals surface area contributed by atoms with Crippen LogP contribution < -0.4 is 5.32 Å². The van der Waals surface area contributed by atoms with E-state index in [0.29, 0.717) is 24.4 Å². The first-order chi connectivity index (χ1) is 15.0. The Labute approximate surface area is 180 Å². The molecule has 2 aromatic carbocycles. The normalized spacial score (nSPS) is 10.8. The van der Waals surface area contributed by atoms with Crippen molar-refractivity contribution < 1.29 is 9.18 Å². The quantitative estimate of drug-likeness (QED) is 0.499. The third-order valence-corrected chi connectivity index (χ3v) is 5.07. The van der Waals surface area contributed by atoms with Crippen LogP contribution in [-0.4, -0.2) is 27.2 Å². The molecule has 156 valence electrons. The molecule has 0 aliphatic rings. The lowest BCUT2D eigenvalue weighted by molar-refractivity contribution is 0.0946. The van der Waals surface area contributed by atoms with Gasteiger partial charge in [0, 0.05) is 30.4 Å². The summed E-state index contributed by atoms with van der Waals surface area (Å²) in [7, 11) is 0. The van der Waals surface area contributed by atoms with Crippen molar-refractivity contribution >= 4 is 5.91 Å². The van der Waals surface area contributed by atoms with Gasteiger partial charge >= 0.3 is 0 Å². The molecule has 0 radical (unpaired) electrons. The number of pyridine rings is 1. The van der Waals surface area contributed by atoms with E-state index in [1.807, 2.05) is 50.2 Å². The van der Waals surface area contributed by atoms with E-state index in [9.17, 15) is 9.18 Å². The second-order valence-electron chi connectivity index (χ2n) is 7.45. The molecule has 0 aliphatic carbocycles. The smallest absolute Gasteiger partial charge is 0.270 e. The maximum atomic E-state index is 13.4. The van der Waals surface area contributed by atoms with Gasteiger partial charge in [-0.3, -0.25) is 9.78 Å². The van der Waals surface area contributed by atoms with Gasteiger partial charge in [-0.25, -0.2) is 9.07 Å². The lowest BCUT2D eigenvalue weighted by atomic mass is 10.1. The van der Waals surface area contributed by atoms with Crippen molar-refractivity contribution in [3.63, 3.8) is 0 Å². The number of nitrogens with zero attached hydrogens (tertiary/aromatic N) is 3. The fourth-order valence-corrected chi connectivity index (χ4v) is 3.38. The number of nitrogens with one attached hydrogen (secondary N) is 1. The van der Waals surface area contributed by atoms with Crippen LogP contribution in [0, 0.1) is 19.7 Å². The van der Waals surface area contributed by atoms with E-state index in [-0.39, 0.29) is 11.7 Å². The SMILES string of the molecule is Cc1ccc(C)c(-n2nc(-c3ccc(F)cc3)cc2C(=O)NCCc2ccccn2)c1. The lowest BCUT2D eigenvalue weighted by Gasteiger charge is -2.11. The Morgan fingerprint density at radius 1 is 1.03 bits per heavy atom. The van der Waals surface area contributed by atoms with Crippen LogP contribution in [-0.2, 0) is 6.42 Å². The summed E-state index contributed by atoms with van der Waals surface area (Å²) >= 11 is 0. The number of rotatable bonds is 6. The molecule has 0 saturated heterocycles. The molecule has 6 heteroatoms. The molecule has 0 atom stereocenters. The second kappa shape index (κ2) is 8.92. The van der Waals surface area contributed by atoms with Crippen LogP contribution in [0.1, 0.15) is 27.3 Å². The largest absolute Gasteiger partial charge is 0.350 e. The Kier molecular flexibility index (Phi) is 5.89. The van der Waals surface area contributed by atoms with E-state index in [4.69, 9.17) is 5.10 Å². The van der Waals surface area contributed by atoms with E-state index < -0.39 is 0 Å². The fourth-order valence-electron chi connectivity index (χ4n) is 3.38. The number of halogens is 1. The number of aromatic nitrogens is 3. The second-order valence-corrected chi connectivity index (χ2v) is 7.45. The van der Waals surface area contributed by atoms with Crippen molar-refractivity contribution in [1.29, 1.82) is 0 Å². The number of carbonyl (C=O) groups excluding carboxylic acids is 1. The van der Waals surface area contributed by atoms with Crippen LogP contribution in [0.4, 0.5) is 4.39 Å². The first kappa shape index (κ1) is 20.5. The zero-order valence-electron chi connectivity index (χ0n) is 17.5. The summed E-state index contributed by atoms with van der Waals surface area (Å²) in [4.78, 5) is 17.4. The summed E-state index contributed by atoms with van der Waals surface area (Å²) in [6, 6.07) is 19.6. The monoisotopic (exact) mass is 414 g/mol. The Hall–Kier alpha value is -3.80. The van der Waals surface area contributed by atoms with Crippen LogP contribution in [0.5, 0.6) is 0 Å². The summed E-state index contributed by atoms with van der Waals surface area (Å²) in [5.41, 5.74) is 5.60. The number of aryl methyl sites for hydroxylation is 2. The van der Waals surface area contributed by atoms with Gasteiger partial charge in [0.25, 0.3) is 5.91 Å². The highest BCUT2D eigenvalue weighted by atomic mass is 19.1. The zero-order chi connectivity index (χ0) is 21.8. The average Bonchev–Trinajstić information content (AvgIpc) is 3.22. The van der Waals surface area contributed by atoms with Crippen molar-refractivity contribution in [3.8, 4) is 16.9 Å². The Balaban J connectivity index is 1.66. The molecule has 2 aromatic heterocycles. The predicted molar refractivity (Wildman–Crippen MR) is 119 cm³/mol. The van der Waals surface area contributed by atoms with Gasteiger partial charge in [-0.1, -0.05) is 18.2 Å². The van der Waals surface area contributed by atoms with Gasteiger partial charge in [0.05, 0.1) is 11.4 Å². The molecular weight excluding hydrogens is 391 g/mol. The fraction of sp³-hybridized carbons (Fsp3) is 0.160. The molecule has 0 spiro atoms. The van der Waals surface area contributed by atoms with E-state index in [1.165, 1.54) is 12.1 Å². The number of carbonyl (C=O) groups is 1. The van der Waals surface area contributed by atoms with Crippen LogP contribution in [0.15, 0.2) is 72.9 Å². The van der Waals surface area contributed by atoms with Crippen LogP contribution >= 0.6 is 0 Å². The highest BCUT2D eigenvalue weighted by Crippen LogP contribution is 2.24. The van der Waals surface area contributed by atoms with Gasteiger partial charge in [0.1, 0.15) is 11.5 Å². The first-order valence-corrected chi connectivity index (χ1v) is 10.1. The van der Waals surface area contributed by atoms with Crippen molar-refractivity contribution in [2.24, 2.45) is 0 Å². The molecule has 31 heavy (non-hydrogen) atoms. The van der Waals surface area contributed by atoms with E-state index in [2.05, 4.69) is 10.3 Å². The minimum atomic E-state index is -0.315. The number of amides is 1. The van der Waals surface area contributed by atoms with Gasteiger partial charge in [0.2, 0.25) is 0 Å². The van der Waals surface area contributed by atoms with Gasteiger partial charge < -0.3 is 5.32 Å². The molecule has 2 heterocycles. The molecular formula is C25H23FN4O. The van der Waals surface area contributed by atoms with Gasteiger partial charge in [-0.05, 0) is 73.5 Å². The third kappa shape index (κ3) is 4.69. The molecule has 5 nitrogen and oxygen atoms in total. The molecule has 0 unspecified atom stereocenters. The number of hydrogen-bond donors (Lipinski definition) is 1. The van der Waals surface area contributed by atoms with Crippen molar-refractivity contribution in [1.82, 2.24) is 20.1 Å². The summed E-state index contributed by atoms with van der Waals surface area (Å²) in [6.45, 7) is 4.44. The van der Waals surface area contributed by atoms with Crippen LogP contribution in [0.3, 0.4) is 0 Å². The lowest BCUT2D eigenvalue weighted by Crippen LogP contribution is -2.28. The molecule has 4 aromatic rings. The predicted octanol–water partition coefficient (Wildman–Crippen LogP) is 4.66. The minimum absolute atomic E-state index is 0.224. The third-order valence-electron chi connectivity index (χ3n) is 5.07. The van der Waals surface area contributed by atoms with Gasteiger partial charge in [-0.2, -0.15) is 5.10 Å². The van der Waals surface area contributed by atoms with E-state index in [0.717, 1.165) is 28.1 Å². The minimum Gasteiger partial charge on any atom is -0.350 e. The van der Waals surface area contributed by atoms with Gasteiger partial charge in [0.15, 0.2) is 0 Å². The molecule has 0 saturated carbocycles. The Morgan fingerprint density at radius 2 is 1.84 bits per heavy atom. The Bertz CT molecular complexity index is 1200.